The minimum Gasteiger partial charge on any atom is -0.394 e. The minimum absolute atomic E-state index is 0.0498. The number of nitrogens with zero attached hydrogens (tertiary/aromatic N) is 2. The first-order valence-corrected chi connectivity index (χ1v) is 11.0. The maximum absolute atomic E-state index is 14.0. The third-order valence-corrected chi connectivity index (χ3v) is 5.60. The van der Waals surface area contributed by atoms with Crippen molar-refractivity contribution < 1.29 is 33.3 Å². The Morgan fingerprint density at radius 2 is 2.12 bits per heavy atom. The topological polar surface area (TPSA) is 158 Å². The summed E-state index contributed by atoms with van der Waals surface area (Å²) in [6, 6.07) is 1.23. The van der Waals surface area contributed by atoms with Crippen molar-refractivity contribution in [1.82, 2.24) is 14.9 Å². The van der Waals surface area contributed by atoms with Crippen molar-refractivity contribution in [2.24, 2.45) is 11.5 Å². The summed E-state index contributed by atoms with van der Waals surface area (Å²) in [4.78, 5) is 16.0. The predicted octanol–water partition coefficient (Wildman–Crippen LogP) is -0.0871. The summed E-state index contributed by atoms with van der Waals surface area (Å²) in [5, 5.41) is 22.8. The second kappa shape index (κ2) is 11.8. The van der Waals surface area contributed by atoms with E-state index in [9.17, 15) is 23.8 Å². The number of aromatic nitrogens is 2. The number of ether oxygens (including phenoxy) is 2. The van der Waals surface area contributed by atoms with E-state index in [0.717, 1.165) is 25.0 Å². The van der Waals surface area contributed by atoms with Gasteiger partial charge in [-0.15, -0.1) is 0 Å². The van der Waals surface area contributed by atoms with E-state index >= 15 is 0 Å². The molecule has 33 heavy (non-hydrogen) atoms. The van der Waals surface area contributed by atoms with Gasteiger partial charge in [0.05, 0.1) is 24.5 Å². The molecule has 1 aliphatic rings. The molecule has 0 bridgehead atoms. The smallest absolute Gasteiger partial charge is 0.236 e. The molecule has 12 heteroatoms. The third-order valence-electron chi connectivity index (χ3n) is 5.60. The number of halogens is 2. The normalized spacial score (nSPS) is 23.8. The highest BCUT2D eigenvalue weighted by molar-refractivity contribution is 5.81. The molecule has 7 N–H and O–H groups in total. The molecular weight excluding hydrogens is 440 g/mol. The molecule has 0 aliphatic carbocycles. The minimum atomic E-state index is -1.18. The van der Waals surface area contributed by atoms with Crippen molar-refractivity contribution in [2.45, 2.75) is 56.3 Å². The summed E-state index contributed by atoms with van der Waals surface area (Å²) >= 11 is 0. The van der Waals surface area contributed by atoms with Crippen molar-refractivity contribution in [2.75, 3.05) is 26.3 Å². The lowest BCUT2D eigenvalue weighted by Gasteiger charge is -2.22. The molecule has 1 fully saturated rings. The Labute approximate surface area is 189 Å². The number of fused-ring (bicyclic) bond motifs is 1. The second-order valence-corrected chi connectivity index (χ2v) is 8.02. The monoisotopic (exact) mass is 471 g/mol. The lowest BCUT2D eigenvalue weighted by Crippen LogP contribution is -2.41. The number of amides is 1. The van der Waals surface area contributed by atoms with Gasteiger partial charge in [0, 0.05) is 25.3 Å². The molecule has 1 aromatic carbocycles. The van der Waals surface area contributed by atoms with Crippen molar-refractivity contribution >= 4 is 16.9 Å². The molecule has 1 amide bonds. The highest BCUT2D eigenvalue weighted by Crippen LogP contribution is 2.34. The van der Waals surface area contributed by atoms with Crippen LogP contribution in [0.2, 0.25) is 0 Å². The van der Waals surface area contributed by atoms with Gasteiger partial charge < -0.3 is 41.0 Å². The largest absolute Gasteiger partial charge is 0.394 e. The highest BCUT2D eigenvalue weighted by Gasteiger charge is 2.45. The number of nitrogens with one attached hydrogen (secondary N) is 1. The van der Waals surface area contributed by atoms with Crippen molar-refractivity contribution in [1.29, 1.82) is 0 Å². The Kier molecular flexibility index (Phi) is 9.06. The van der Waals surface area contributed by atoms with Crippen LogP contribution in [0.3, 0.4) is 0 Å². The fourth-order valence-electron chi connectivity index (χ4n) is 3.81. The van der Waals surface area contributed by atoms with Crippen LogP contribution in [0.25, 0.3) is 11.0 Å². The maximum atomic E-state index is 14.0. The summed E-state index contributed by atoms with van der Waals surface area (Å²) in [5.74, 6) is -1.87. The predicted molar refractivity (Wildman–Crippen MR) is 115 cm³/mol. The van der Waals surface area contributed by atoms with Gasteiger partial charge in [0.1, 0.15) is 29.6 Å². The molecule has 0 radical (unpaired) electrons. The number of imidazole rings is 1. The number of aliphatic hydroxyl groups is 2. The van der Waals surface area contributed by atoms with E-state index in [-0.39, 0.29) is 23.5 Å². The van der Waals surface area contributed by atoms with Gasteiger partial charge in [-0.05, 0) is 25.8 Å². The van der Waals surface area contributed by atoms with Crippen LogP contribution in [0.4, 0.5) is 8.78 Å². The average molecular weight is 472 g/mol. The van der Waals surface area contributed by atoms with E-state index in [4.69, 9.17) is 20.9 Å². The van der Waals surface area contributed by atoms with E-state index in [0.29, 0.717) is 25.9 Å². The molecule has 0 spiro atoms. The first-order valence-electron chi connectivity index (χ1n) is 11.0. The highest BCUT2D eigenvalue weighted by atomic mass is 19.1. The third kappa shape index (κ3) is 6.02. The van der Waals surface area contributed by atoms with E-state index in [1.54, 1.807) is 0 Å². The molecule has 0 saturated carbocycles. The van der Waals surface area contributed by atoms with Gasteiger partial charge >= 0.3 is 0 Å². The molecule has 1 aromatic heterocycles. The van der Waals surface area contributed by atoms with Crippen LogP contribution in [-0.2, 0) is 14.3 Å². The number of hydrogen-bond donors (Lipinski definition) is 5. The van der Waals surface area contributed by atoms with Gasteiger partial charge in [-0.3, -0.25) is 4.79 Å². The van der Waals surface area contributed by atoms with Gasteiger partial charge in [-0.25, -0.2) is 13.8 Å². The van der Waals surface area contributed by atoms with Gasteiger partial charge in [-0.2, -0.15) is 0 Å². The Morgan fingerprint density at radius 1 is 1.33 bits per heavy atom. The van der Waals surface area contributed by atoms with Crippen molar-refractivity contribution in [3.05, 3.63) is 30.1 Å². The van der Waals surface area contributed by atoms with Gasteiger partial charge in [-0.1, -0.05) is 6.42 Å². The summed E-state index contributed by atoms with van der Waals surface area (Å²) in [6.45, 7) is 0.549. The Bertz CT molecular complexity index is 930. The van der Waals surface area contributed by atoms with Gasteiger partial charge in [0.15, 0.2) is 12.0 Å². The zero-order valence-corrected chi connectivity index (χ0v) is 18.2. The van der Waals surface area contributed by atoms with E-state index in [2.05, 4.69) is 10.3 Å². The number of unbranched alkanes of at least 4 members (excludes halogenated alkanes) is 1. The molecule has 10 nitrogen and oxygen atoms in total. The SMILES string of the molecule is NCCCC[C@H](N)C(=O)NCCCO[C@@H]1[C@H](O)[C@@H](CO)O[C@H]1n1cnc2c(F)cc(F)cc21. The number of carbonyl (C=O) groups is 1. The van der Waals surface area contributed by atoms with Crippen LogP contribution in [-0.4, -0.2) is 76.3 Å². The first kappa shape index (κ1) is 25.4. The molecule has 2 aromatic rings. The molecule has 184 valence electrons. The maximum Gasteiger partial charge on any atom is 0.236 e. The lowest BCUT2D eigenvalue weighted by atomic mass is 10.1. The Morgan fingerprint density at radius 3 is 2.85 bits per heavy atom. The molecule has 3 rings (SSSR count). The molecule has 0 unspecified atom stereocenters. The van der Waals surface area contributed by atoms with Crippen LogP contribution >= 0.6 is 0 Å². The van der Waals surface area contributed by atoms with Crippen molar-refractivity contribution in [3.63, 3.8) is 0 Å². The number of rotatable bonds is 12. The average Bonchev–Trinajstić information content (AvgIpc) is 3.34. The summed E-state index contributed by atoms with van der Waals surface area (Å²) in [5.41, 5.74) is 11.4. The number of hydrogen-bond acceptors (Lipinski definition) is 8. The standard InChI is InChI=1S/C21H31F2N5O5/c22-12-8-13(23)17-15(9-12)28(11-27-17)21-19(18(30)16(10-29)33-21)32-7-3-6-26-20(31)14(25)4-1-2-5-24/h8-9,11,14,16,18-19,21,29-30H,1-7,10,24-25H2,(H,26,31)/t14-,16+,18+,19+,21+/m0/s1. The summed E-state index contributed by atoms with van der Waals surface area (Å²) in [7, 11) is 0. The van der Waals surface area contributed by atoms with E-state index in [1.165, 1.54) is 10.9 Å². The number of carbonyl (C=O) groups excluding carboxylic acids is 1. The first-order chi connectivity index (χ1) is 15.9. The van der Waals surface area contributed by atoms with E-state index < -0.39 is 48.8 Å². The zero-order valence-electron chi connectivity index (χ0n) is 18.2. The Hall–Kier alpha value is -2.22. The van der Waals surface area contributed by atoms with Crippen LogP contribution in [0.5, 0.6) is 0 Å². The quantitative estimate of drug-likeness (QED) is 0.269. The summed E-state index contributed by atoms with van der Waals surface area (Å²) in [6.07, 6.45) is -0.186. The lowest BCUT2D eigenvalue weighted by molar-refractivity contribution is -0.122. The summed E-state index contributed by atoms with van der Waals surface area (Å²) < 4.78 is 40.7. The van der Waals surface area contributed by atoms with Crippen LogP contribution in [0, 0.1) is 11.6 Å². The van der Waals surface area contributed by atoms with Gasteiger partial charge in [0.25, 0.3) is 0 Å². The molecule has 1 saturated heterocycles. The molecule has 5 atom stereocenters. The van der Waals surface area contributed by atoms with Crippen LogP contribution in [0.1, 0.15) is 31.9 Å². The Balaban J connectivity index is 1.58. The number of benzene rings is 1. The van der Waals surface area contributed by atoms with Crippen LogP contribution < -0.4 is 16.8 Å². The van der Waals surface area contributed by atoms with E-state index in [1.807, 2.05) is 0 Å². The second-order valence-electron chi connectivity index (χ2n) is 8.02. The fourth-order valence-corrected chi connectivity index (χ4v) is 3.81. The zero-order chi connectivity index (χ0) is 24.0. The molecular formula is C21H31F2N5O5. The van der Waals surface area contributed by atoms with Crippen LogP contribution in [0.15, 0.2) is 18.5 Å². The fraction of sp³-hybridized carbons (Fsp3) is 0.619. The number of nitrogens with two attached hydrogens (primary N) is 2. The molecule has 1 aliphatic heterocycles. The van der Waals surface area contributed by atoms with Crippen molar-refractivity contribution in [3.8, 4) is 0 Å². The van der Waals surface area contributed by atoms with Gasteiger partial charge in [0.2, 0.25) is 5.91 Å². The molecule has 2 heterocycles. The number of aliphatic hydroxyl groups excluding tert-OH is 2.